The number of thioether (sulfide) groups is 2. The van der Waals surface area contributed by atoms with Crippen molar-refractivity contribution in [3.63, 3.8) is 0 Å². The van der Waals surface area contributed by atoms with Crippen molar-refractivity contribution in [1.29, 1.82) is 0 Å². The molecule has 1 fully saturated rings. The zero-order valence-electron chi connectivity index (χ0n) is 10.6. The minimum Gasteiger partial charge on any atom is -0.496 e. The van der Waals surface area contributed by atoms with E-state index in [0.29, 0.717) is 11.0 Å². The first-order chi connectivity index (χ1) is 9.19. The van der Waals surface area contributed by atoms with E-state index < -0.39 is 4.92 Å². The number of nitrogens with one attached hydrogen (secondary N) is 1. The van der Waals surface area contributed by atoms with Gasteiger partial charge in [0.15, 0.2) is 0 Å². The molecule has 0 amide bonds. The SMILES string of the molecule is COc1cc(NCC2CSCCS2)cc([N+](=O)[O-])c1. The van der Waals surface area contributed by atoms with Crippen LogP contribution in [0.2, 0.25) is 0 Å². The Morgan fingerprint density at radius 3 is 2.95 bits per heavy atom. The molecule has 5 nitrogen and oxygen atoms in total. The molecule has 19 heavy (non-hydrogen) atoms. The Morgan fingerprint density at radius 1 is 1.47 bits per heavy atom. The van der Waals surface area contributed by atoms with Crippen molar-refractivity contribution in [3.05, 3.63) is 28.3 Å². The number of anilines is 1. The van der Waals surface area contributed by atoms with Crippen molar-refractivity contribution in [3.8, 4) is 5.75 Å². The van der Waals surface area contributed by atoms with E-state index in [0.717, 1.165) is 18.0 Å². The first-order valence-corrected chi connectivity index (χ1v) is 8.16. The summed E-state index contributed by atoms with van der Waals surface area (Å²) in [6.07, 6.45) is 0. The van der Waals surface area contributed by atoms with Crippen molar-refractivity contribution in [2.45, 2.75) is 5.25 Å². The molecule has 1 aliphatic rings. The van der Waals surface area contributed by atoms with Crippen LogP contribution in [0.5, 0.6) is 5.75 Å². The predicted octanol–water partition coefficient (Wildman–Crippen LogP) is 2.86. The van der Waals surface area contributed by atoms with E-state index in [2.05, 4.69) is 5.32 Å². The zero-order chi connectivity index (χ0) is 13.7. The highest BCUT2D eigenvalue weighted by Crippen LogP contribution is 2.28. The lowest BCUT2D eigenvalue weighted by Gasteiger charge is -2.21. The molecule has 1 saturated heterocycles. The quantitative estimate of drug-likeness (QED) is 0.666. The van der Waals surface area contributed by atoms with Gasteiger partial charge in [-0.3, -0.25) is 10.1 Å². The lowest BCUT2D eigenvalue weighted by atomic mass is 10.2. The monoisotopic (exact) mass is 300 g/mol. The van der Waals surface area contributed by atoms with Gasteiger partial charge in [-0.2, -0.15) is 23.5 Å². The maximum Gasteiger partial charge on any atom is 0.275 e. The molecular formula is C12H16N2O3S2. The molecule has 0 spiro atoms. The van der Waals surface area contributed by atoms with Crippen LogP contribution in [-0.2, 0) is 0 Å². The molecule has 0 aliphatic carbocycles. The van der Waals surface area contributed by atoms with Gasteiger partial charge in [-0.25, -0.2) is 0 Å². The Balaban J connectivity index is 2.02. The van der Waals surface area contributed by atoms with E-state index in [1.807, 2.05) is 23.5 Å². The first kappa shape index (κ1) is 14.3. The highest BCUT2D eigenvalue weighted by atomic mass is 32.2. The fraction of sp³-hybridized carbons (Fsp3) is 0.500. The summed E-state index contributed by atoms with van der Waals surface area (Å²) in [7, 11) is 1.51. The number of methoxy groups -OCH3 is 1. The minimum atomic E-state index is -0.404. The molecule has 1 aromatic rings. The molecule has 1 aliphatic heterocycles. The Kier molecular flexibility index (Phi) is 5.21. The maximum atomic E-state index is 10.8. The lowest BCUT2D eigenvalue weighted by Crippen LogP contribution is -2.23. The van der Waals surface area contributed by atoms with Crippen LogP contribution in [-0.4, -0.2) is 41.1 Å². The largest absolute Gasteiger partial charge is 0.496 e. The van der Waals surface area contributed by atoms with E-state index >= 15 is 0 Å². The molecule has 1 unspecified atom stereocenters. The standard InChI is InChI=1S/C12H16N2O3S2/c1-17-11-5-9(4-10(6-11)14(15)16)13-7-12-8-18-2-3-19-12/h4-6,12-13H,2-3,7-8H2,1H3. The summed E-state index contributed by atoms with van der Waals surface area (Å²) in [6.45, 7) is 0.821. The molecule has 7 heteroatoms. The summed E-state index contributed by atoms with van der Waals surface area (Å²) in [6, 6.07) is 4.76. The Morgan fingerprint density at radius 2 is 2.32 bits per heavy atom. The second-order valence-corrected chi connectivity index (χ2v) is 6.68. The number of hydrogen-bond donors (Lipinski definition) is 1. The van der Waals surface area contributed by atoms with Crippen LogP contribution < -0.4 is 10.1 Å². The molecule has 0 saturated carbocycles. The number of non-ortho nitro benzene ring substituents is 1. The van der Waals surface area contributed by atoms with E-state index in [1.54, 1.807) is 12.1 Å². The van der Waals surface area contributed by atoms with Crippen LogP contribution in [0.1, 0.15) is 0 Å². The number of nitro groups is 1. The molecule has 0 radical (unpaired) electrons. The smallest absolute Gasteiger partial charge is 0.275 e. The molecule has 2 rings (SSSR count). The van der Waals surface area contributed by atoms with Crippen molar-refractivity contribution >= 4 is 34.9 Å². The highest BCUT2D eigenvalue weighted by molar-refractivity contribution is 8.06. The van der Waals surface area contributed by atoms with Crippen molar-refractivity contribution < 1.29 is 9.66 Å². The molecule has 0 aromatic heterocycles. The summed E-state index contributed by atoms with van der Waals surface area (Å²) < 4.78 is 5.08. The fourth-order valence-electron chi connectivity index (χ4n) is 1.79. The summed E-state index contributed by atoms with van der Waals surface area (Å²) in [5, 5.41) is 14.7. The third-order valence-electron chi connectivity index (χ3n) is 2.76. The predicted molar refractivity (Wildman–Crippen MR) is 81.7 cm³/mol. The van der Waals surface area contributed by atoms with Crippen LogP contribution in [0.4, 0.5) is 11.4 Å². The molecule has 1 N–H and O–H groups in total. The van der Waals surface area contributed by atoms with Crippen molar-refractivity contribution in [2.75, 3.05) is 36.2 Å². The molecule has 1 heterocycles. The van der Waals surface area contributed by atoms with Gasteiger partial charge in [0, 0.05) is 46.9 Å². The normalized spacial score (nSPS) is 18.9. The third-order valence-corrected chi connectivity index (χ3v) is 5.60. The van der Waals surface area contributed by atoms with Crippen LogP contribution in [0.25, 0.3) is 0 Å². The zero-order valence-corrected chi connectivity index (χ0v) is 12.3. The summed E-state index contributed by atoms with van der Waals surface area (Å²) in [5.74, 6) is 4.02. The number of rotatable bonds is 5. The summed E-state index contributed by atoms with van der Waals surface area (Å²) >= 11 is 3.91. The lowest BCUT2D eigenvalue weighted by molar-refractivity contribution is -0.384. The first-order valence-electron chi connectivity index (χ1n) is 5.95. The van der Waals surface area contributed by atoms with Gasteiger partial charge >= 0.3 is 0 Å². The third kappa shape index (κ3) is 4.21. The van der Waals surface area contributed by atoms with Gasteiger partial charge in [-0.05, 0) is 0 Å². The van der Waals surface area contributed by atoms with Crippen molar-refractivity contribution in [1.82, 2.24) is 0 Å². The highest BCUT2D eigenvalue weighted by Gasteiger charge is 2.15. The van der Waals surface area contributed by atoms with Crippen molar-refractivity contribution in [2.24, 2.45) is 0 Å². The average molecular weight is 300 g/mol. The van der Waals surface area contributed by atoms with E-state index in [-0.39, 0.29) is 5.69 Å². The molecule has 1 aromatic carbocycles. The molecule has 1 atom stereocenters. The van der Waals surface area contributed by atoms with Crippen LogP contribution in [0.15, 0.2) is 18.2 Å². The van der Waals surface area contributed by atoms with Gasteiger partial charge in [0.05, 0.1) is 18.1 Å². The van der Waals surface area contributed by atoms with Gasteiger partial charge in [-0.15, -0.1) is 0 Å². The second kappa shape index (κ2) is 6.91. The van der Waals surface area contributed by atoms with Gasteiger partial charge in [0.1, 0.15) is 5.75 Å². The van der Waals surface area contributed by atoms with Gasteiger partial charge in [-0.1, -0.05) is 0 Å². The van der Waals surface area contributed by atoms with Crippen LogP contribution in [0.3, 0.4) is 0 Å². The maximum absolute atomic E-state index is 10.8. The number of nitro benzene ring substituents is 1. The number of hydrogen-bond acceptors (Lipinski definition) is 6. The fourth-order valence-corrected chi connectivity index (χ4v) is 4.41. The summed E-state index contributed by atoms with van der Waals surface area (Å²) in [5.41, 5.74) is 0.787. The number of benzene rings is 1. The van der Waals surface area contributed by atoms with E-state index in [1.165, 1.54) is 24.7 Å². The van der Waals surface area contributed by atoms with Gasteiger partial charge in [0.25, 0.3) is 5.69 Å². The Labute approximate surface area is 120 Å². The van der Waals surface area contributed by atoms with E-state index in [4.69, 9.17) is 4.74 Å². The molecular weight excluding hydrogens is 284 g/mol. The summed E-state index contributed by atoms with van der Waals surface area (Å²) in [4.78, 5) is 10.4. The topological polar surface area (TPSA) is 64.4 Å². The minimum absolute atomic E-state index is 0.0486. The van der Waals surface area contributed by atoms with Gasteiger partial charge in [0.2, 0.25) is 0 Å². The van der Waals surface area contributed by atoms with Crippen LogP contribution in [0, 0.1) is 10.1 Å². The molecule has 104 valence electrons. The number of ether oxygens (including phenoxy) is 1. The molecule has 0 bridgehead atoms. The van der Waals surface area contributed by atoms with Crippen LogP contribution >= 0.6 is 23.5 Å². The Bertz CT molecular complexity index is 451. The average Bonchev–Trinajstić information content (AvgIpc) is 2.45. The van der Waals surface area contributed by atoms with Gasteiger partial charge < -0.3 is 10.1 Å². The second-order valence-electron chi connectivity index (χ2n) is 4.13. The number of nitrogens with zero attached hydrogens (tertiary/aromatic N) is 1. The Hall–Kier alpha value is -1.08. The van der Waals surface area contributed by atoms with E-state index in [9.17, 15) is 10.1 Å².